The van der Waals surface area contributed by atoms with Crippen molar-refractivity contribution in [2.45, 2.75) is 13.5 Å². The van der Waals surface area contributed by atoms with Gasteiger partial charge >= 0.3 is 0 Å². The van der Waals surface area contributed by atoms with Crippen molar-refractivity contribution in [2.24, 2.45) is 0 Å². The molecular weight excluding hydrogens is 264 g/mol. The fourth-order valence-electron chi connectivity index (χ4n) is 2.75. The van der Waals surface area contributed by atoms with Gasteiger partial charge in [-0.2, -0.15) is 0 Å². The second-order valence-corrected chi connectivity index (χ2v) is 5.52. The third kappa shape index (κ3) is 3.34. The summed E-state index contributed by atoms with van der Waals surface area (Å²) in [6.45, 7) is 6.95. The number of aldehydes is 1. The van der Waals surface area contributed by atoms with Crippen molar-refractivity contribution in [3.05, 3.63) is 53.5 Å². The summed E-state index contributed by atoms with van der Waals surface area (Å²) in [7, 11) is 0. The molecule has 1 aromatic heterocycles. The van der Waals surface area contributed by atoms with Crippen molar-refractivity contribution in [1.29, 1.82) is 0 Å². The Morgan fingerprint density at radius 2 is 1.95 bits per heavy atom. The van der Waals surface area contributed by atoms with Crippen LogP contribution in [0.3, 0.4) is 0 Å². The molecule has 4 heteroatoms. The molecule has 0 spiro atoms. The fraction of sp³-hybridized carbons (Fsp3) is 0.353. The number of furan rings is 1. The average Bonchev–Trinajstić information content (AvgIpc) is 2.96. The van der Waals surface area contributed by atoms with E-state index in [1.807, 2.05) is 6.07 Å². The van der Waals surface area contributed by atoms with Crippen LogP contribution in [-0.4, -0.2) is 37.4 Å². The van der Waals surface area contributed by atoms with Crippen LogP contribution in [0.25, 0.3) is 0 Å². The van der Waals surface area contributed by atoms with E-state index in [0.717, 1.165) is 44.8 Å². The van der Waals surface area contributed by atoms with E-state index < -0.39 is 0 Å². The standard InChI is InChI=1S/C17H20N2O2/c1-14-3-2-4-15(11-14)19-9-7-18(8-10-19)12-16-5-6-17(13-20)21-16/h2-6,11,13H,7-10,12H2,1H3. The lowest BCUT2D eigenvalue weighted by molar-refractivity contribution is 0.109. The van der Waals surface area contributed by atoms with Crippen LogP contribution in [0.2, 0.25) is 0 Å². The fourth-order valence-corrected chi connectivity index (χ4v) is 2.75. The molecule has 3 rings (SSSR count). The second-order valence-electron chi connectivity index (χ2n) is 5.52. The van der Waals surface area contributed by atoms with E-state index >= 15 is 0 Å². The van der Waals surface area contributed by atoms with Gasteiger partial charge in [0.15, 0.2) is 12.0 Å². The van der Waals surface area contributed by atoms with Crippen LogP contribution in [0.15, 0.2) is 40.8 Å². The molecule has 0 saturated carbocycles. The van der Waals surface area contributed by atoms with Crippen LogP contribution in [0.5, 0.6) is 0 Å². The third-order valence-corrected chi connectivity index (χ3v) is 3.92. The molecular formula is C17H20N2O2. The van der Waals surface area contributed by atoms with Crippen molar-refractivity contribution in [3.63, 3.8) is 0 Å². The lowest BCUT2D eigenvalue weighted by Gasteiger charge is -2.35. The largest absolute Gasteiger partial charge is 0.457 e. The number of piperazine rings is 1. The molecule has 0 bridgehead atoms. The smallest absolute Gasteiger partial charge is 0.185 e. The number of carbonyl (C=O) groups excluding carboxylic acids is 1. The molecule has 0 atom stereocenters. The Bertz CT molecular complexity index is 613. The summed E-state index contributed by atoms with van der Waals surface area (Å²) in [5.41, 5.74) is 2.60. The summed E-state index contributed by atoms with van der Waals surface area (Å²) >= 11 is 0. The predicted molar refractivity (Wildman–Crippen MR) is 82.8 cm³/mol. The number of hydrogen-bond acceptors (Lipinski definition) is 4. The molecule has 1 aliphatic rings. The number of anilines is 1. The topological polar surface area (TPSA) is 36.7 Å². The first-order valence-corrected chi connectivity index (χ1v) is 7.32. The third-order valence-electron chi connectivity index (χ3n) is 3.92. The molecule has 4 nitrogen and oxygen atoms in total. The maximum Gasteiger partial charge on any atom is 0.185 e. The molecule has 0 N–H and O–H groups in total. The van der Waals surface area contributed by atoms with Crippen molar-refractivity contribution in [1.82, 2.24) is 4.90 Å². The zero-order valence-corrected chi connectivity index (χ0v) is 12.3. The highest BCUT2D eigenvalue weighted by molar-refractivity contribution is 5.70. The summed E-state index contributed by atoms with van der Waals surface area (Å²) in [5.74, 6) is 1.27. The van der Waals surface area contributed by atoms with Crippen LogP contribution in [0.4, 0.5) is 5.69 Å². The second kappa shape index (κ2) is 6.14. The summed E-state index contributed by atoms with van der Waals surface area (Å²) in [6.07, 6.45) is 0.749. The minimum atomic E-state index is 0.406. The number of aryl methyl sites for hydroxylation is 1. The van der Waals surface area contributed by atoms with Gasteiger partial charge in [-0.25, -0.2) is 0 Å². The van der Waals surface area contributed by atoms with Crippen molar-refractivity contribution in [3.8, 4) is 0 Å². The zero-order valence-electron chi connectivity index (χ0n) is 12.3. The Morgan fingerprint density at radius 1 is 1.14 bits per heavy atom. The van der Waals surface area contributed by atoms with Gasteiger partial charge in [0.05, 0.1) is 6.54 Å². The van der Waals surface area contributed by atoms with Gasteiger partial charge in [0.2, 0.25) is 0 Å². The SMILES string of the molecule is Cc1cccc(N2CCN(Cc3ccc(C=O)o3)CC2)c1. The average molecular weight is 284 g/mol. The van der Waals surface area contributed by atoms with Gasteiger partial charge in [0.1, 0.15) is 5.76 Å². The van der Waals surface area contributed by atoms with Crippen molar-refractivity contribution >= 4 is 12.0 Å². The molecule has 110 valence electrons. The number of benzene rings is 1. The Labute approximate surface area is 125 Å². The van der Waals surface area contributed by atoms with Crippen molar-refractivity contribution < 1.29 is 9.21 Å². The first-order chi connectivity index (χ1) is 10.2. The summed E-state index contributed by atoms with van der Waals surface area (Å²) in [5, 5.41) is 0. The van der Waals surface area contributed by atoms with Crippen LogP contribution in [-0.2, 0) is 6.54 Å². The number of carbonyl (C=O) groups is 1. The van der Waals surface area contributed by atoms with Gasteiger partial charge in [-0.15, -0.1) is 0 Å². The van der Waals surface area contributed by atoms with Gasteiger partial charge < -0.3 is 9.32 Å². The molecule has 21 heavy (non-hydrogen) atoms. The molecule has 0 radical (unpaired) electrons. The highest BCUT2D eigenvalue weighted by Gasteiger charge is 2.18. The lowest BCUT2D eigenvalue weighted by Crippen LogP contribution is -2.45. The first-order valence-electron chi connectivity index (χ1n) is 7.32. The van der Waals surface area contributed by atoms with Gasteiger partial charge in [-0.1, -0.05) is 12.1 Å². The molecule has 1 saturated heterocycles. The van der Waals surface area contributed by atoms with E-state index in [0.29, 0.717) is 5.76 Å². The molecule has 1 fully saturated rings. The first kappa shape index (κ1) is 13.9. The van der Waals surface area contributed by atoms with Crippen LogP contribution < -0.4 is 4.90 Å². The summed E-state index contributed by atoms with van der Waals surface area (Å²) in [4.78, 5) is 15.4. The molecule has 0 aliphatic carbocycles. The van der Waals surface area contributed by atoms with Crippen LogP contribution in [0, 0.1) is 6.92 Å². The Morgan fingerprint density at radius 3 is 2.62 bits per heavy atom. The molecule has 2 heterocycles. The van der Waals surface area contributed by atoms with E-state index in [-0.39, 0.29) is 0 Å². The lowest BCUT2D eigenvalue weighted by atomic mass is 10.2. The van der Waals surface area contributed by atoms with Gasteiger partial charge in [-0.3, -0.25) is 9.69 Å². The molecule has 1 aliphatic heterocycles. The summed E-state index contributed by atoms with van der Waals surface area (Å²) in [6, 6.07) is 12.3. The van der Waals surface area contributed by atoms with E-state index in [2.05, 4.69) is 41.0 Å². The Hall–Kier alpha value is -2.07. The van der Waals surface area contributed by atoms with Crippen molar-refractivity contribution in [2.75, 3.05) is 31.1 Å². The zero-order chi connectivity index (χ0) is 14.7. The molecule has 1 aromatic carbocycles. The van der Waals surface area contributed by atoms with E-state index in [9.17, 15) is 4.79 Å². The highest BCUT2D eigenvalue weighted by atomic mass is 16.3. The van der Waals surface area contributed by atoms with E-state index in [4.69, 9.17) is 4.42 Å². The maximum absolute atomic E-state index is 10.6. The quantitative estimate of drug-likeness (QED) is 0.809. The van der Waals surface area contributed by atoms with Crippen LogP contribution in [0.1, 0.15) is 21.9 Å². The normalized spacial score (nSPS) is 16.1. The van der Waals surface area contributed by atoms with Gasteiger partial charge in [0, 0.05) is 31.9 Å². The monoisotopic (exact) mass is 284 g/mol. The number of nitrogens with zero attached hydrogens (tertiary/aromatic N) is 2. The van der Waals surface area contributed by atoms with Crippen LogP contribution >= 0.6 is 0 Å². The van der Waals surface area contributed by atoms with Gasteiger partial charge in [-0.05, 0) is 36.8 Å². The molecule has 2 aromatic rings. The van der Waals surface area contributed by atoms with E-state index in [1.165, 1.54) is 11.3 Å². The molecule has 0 amide bonds. The number of rotatable bonds is 4. The molecule has 0 unspecified atom stereocenters. The number of hydrogen-bond donors (Lipinski definition) is 0. The summed E-state index contributed by atoms with van der Waals surface area (Å²) < 4.78 is 5.44. The minimum Gasteiger partial charge on any atom is -0.457 e. The Kier molecular flexibility index (Phi) is 4.06. The predicted octanol–water partition coefficient (Wildman–Crippen LogP) is 2.72. The maximum atomic E-state index is 10.6. The Balaban J connectivity index is 1.56. The van der Waals surface area contributed by atoms with E-state index in [1.54, 1.807) is 6.07 Å². The van der Waals surface area contributed by atoms with Gasteiger partial charge in [0.25, 0.3) is 0 Å². The minimum absolute atomic E-state index is 0.406. The highest BCUT2D eigenvalue weighted by Crippen LogP contribution is 2.19.